The van der Waals surface area contributed by atoms with Gasteiger partial charge in [0.25, 0.3) is 0 Å². The molecule has 124 valence electrons. The molecular weight excluding hydrogens is 299 g/mol. The lowest BCUT2D eigenvalue weighted by atomic mass is 9.98. The first-order valence-corrected chi connectivity index (χ1v) is 8.38. The Morgan fingerprint density at radius 2 is 2.04 bits per heavy atom. The summed E-state index contributed by atoms with van der Waals surface area (Å²) < 4.78 is 19.0. The summed E-state index contributed by atoms with van der Waals surface area (Å²) in [5, 5.41) is 3.00. The Bertz CT molecular complexity index is 578. The third kappa shape index (κ3) is 3.15. The fraction of sp³-hybridized carbons (Fsp3) is 0.688. The Hall–Kier alpha value is -1.76. The predicted octanol–water partition coefficient (Wildman–Crippen LogP) is 1.27. The number of amides is 1. The molecule has 2 saturated heterocycles. The highest BCUT2D eigenvalue weighted by Crippen LogP contribution is 2.33. The maximum absolute atomic E-state index is 13.0. The summed E-state index contributed by atoms with van der Waals surface area (Å²) in [5.74, 6) is 0.802. The average Bonchev–Trinajstić information content (AvgIpc) is 3.31. The second kappa shape index (κ2) is 6.03. The summed E-state index contributed by atoms with van der Waals surface area (Å²) >= 11 is 0. The summed E-state index contributed by atoms with van der Waals surface area (Å²) in [5.41, 5.74) is 0. The molecule has 1 N–H and O–H groups in total. The van der Waals surface area contributed by atoms with Gasteiger partial charge in [0.1, 0.15) is 6.10 Å². The van der Waals surface area contributed by atoms with Crippen LogP contribution in [0.5, 0.6) is 0 Å². The van der Waals surface area contributed by atoms with Gasteiger partial charge >= 0.3 is 0 Å². The smallest absolute Gasteiger partial charge is 0.249 e. The van der Waals surface area contributed by atoms with Crippen molar-refractivity contribution in [3.8, 4) is 0 Å². The van der Waals surface area contributed by atoms with Crippen LogP contribution in [0.2, 0.25) is 0 Å². The van der Waals surface area contributed by atoms with Gasteiger partial charge in [0.05, 0.1) is 24.5 Å². The Morgan fingerprint density at radius 3 is 2.78 bits per heavy atom. The number of carbonyl (C=O) groups excluding carboxylic acids is 1. The molecule has 3 fully saturated rings. The van der Waals surface area contributed by atoms with E-state index in [9.17, 15) is 9.18 Å². The lowest BCUT2D eigenvalue weighted by Gasteiger charge is -2.35. The fourth-order valence-electron chi connectivity index (χ4n) is 3.50. The minimum atomic E-state index is -0.434. The number of carbonyl (C=O) groups is 1. The lowest BCUT2D eigenvalue weighted by molar-refractivity contribution is -0.141. The molecule has 4 rings (SSSR count). The first-order chi connectivity index (χ1) is 11.2. The van der Waals surface area contributed by atoms with Gasteiger partial charge in [-0.3, -0.25) is 4.79 Å². The van der Waals surface area contributed by atoms with E-state index in [1.807, 2.05) is 0 Å². The summed E-state index contributed by atoms with van der Waals surface area (Å²) in [7, 11) is 0. The second-order valence-electron chi connectivity index (χ2n) is 6.68. The van der Waals surface area contributed by atoms with Crippen LogP contribution in [0, 0.1) is 11.7 Å². The van der Waals surface area contributed by atoms with E-state index in [4.69, 9.17) is 4.74 Å². The number of ether oxygens (including phenoxy) is 1. The Morgan fingerprint density at radius 1 is 1.26 bits per heavy atom. The van der Waals surface area contributed by atoms with Gasteiger partial charge < -0.3 is 15.0 Å². The molecule has 6 nitrogen and oxygen atoms in total. The average molecular weight is 320 g/mol. The van der Waals surface area contributed by atoms with Crippen LogP contribution in [0.15, 0.2) is 12.4 Å². The molecule has 0 spiro atoms. The number of anilines is 1. The summed E-state index contributed by atoms with van der Waals surface area (Å²) in [6.45, 7) is 1.56. The summed E-state index contributed by atoms with van der Waals surface area (Å²) in [4.78, 5) is 22.4. The molecule has 3 atom stereocenters. The molecule has 1 aromatic heterocycles. The molecule has 0 radical (unpaired) electrons. The van der Waals surface area contributed by atoms with E-state index in [0.29, 0.717) is 18.3 Å². The van der Waals surface area contributed by atoms with Crippen LogP contribution in [-0.2, 0) is 9.53 Å². The number of aromatic nitrogens is 2. The monoisotopic (exact) mass is 320 g/mol. The number of halogens is 1. The van der Waals surface area contributed by atoms with Crippen molar-refractivity contribution < 1.29 is 13.9 Å². The first-order valence-electron chi connectivity index (χ1n) is 8.38. The van der Waals surface area contributed by atoms with Crippen molar-refractivity contribution in [2.24, 2.45) is 5.92 Å². The van der Waals surface area contributed by atoms with E-state index in [1.165, 1.54) is 25.2 Å². The zero-order chi connectivity index (χ0) is 15.8. The van der Waals surface area contributed by atoms with Crippen LogP contribution in [0.4, 0.5) is 10.3 Å². The molecule has 3 aliphatic rings. The van der Waals surface area contributed by atoms with Gasteiger partial charge in [0.2, 0.25) is 11.9 Å². The largest absolute Gasteiger partial charge is 0.363 e. The van der Waals surface area contributed by atoms with E-state index in [2.05, 4.69) is 20.2 Å². The van der Waals surface area contributed by atoms with Gasteiger partial charge in [-0.2, -0.15) is 0 Å². The second-order valence-corrected chi connectivity index (χ2v) is 6.68. The molecule has 1 saturated carbocycles. The number of hydrogen-bond acceptors (Lipinski definition) is 5. The molecule has 3 heterocycles. The Labute approximate surface area is 134 Å². The van der Waals surface area contributed by atoms with Crippen molar-refractivity contribution in [1.29, 1.82) is 0 Å². The molecule has 0 unspecified atom stereocenters. The topological polar surface area (TPSA) is 67.4 Å². The molecule has 7 heteroatoms. The van der Waals surface area contributed by atoms with Crippen molar-refractivity contribution in [2.45, 2.75) is 50.4 Å². The quantitative estimate of drug-likeness (QED) is 0.905. The highest BCUT2D eigenvalue weighted by Gasteiger charge is 2.42. The van der Waals surface area contributed by atoms with E-state index >= 15 is 0 Å². The van der Waals surface area contributed by atoms with Crippen LogP contribution in [0.25, 0.3) is 0 Å². The molecule has 23 heavy (non-hydrogen) atoms. The van der Waals surface area contributed by atoms with Crippen molar-refractivity contribution in [2.75, 3.05) is 18.0 Å². The van der Waals surface area contributed by atoms with Gasteiger partial charge in [0, 0.05) is 13.1 Å². The maximum Gasteiger partial charge on any atom is 0.249 e. The van der Waals surface area contributed by atoms with E-state index in [1.54, 1.807) is 0 Å². The molecule has 1 amide bonds. The molecule has 1 aliphatic carbocycles. The highest BCUT2D eigenvalue weighted by atomic mass is 19.1. The minimum Gasteiger partial charge on any atom is -0.363 e. The fourth-order valence-corrected chi connectivity index (χ4v) is 3.50. The number of fused-ring (bicyclic) bond motifs is 1. The standard InChI is InChI=1S/C16H21FN4O2/c17-11-8-19-16(20-9-11)21-6-5-13-12(21)3-4-14(23-13)15(22)18-7-10-1-2-10/h8-10,12-14H,1-7H2,(H,18,22)/t12-,13-,14-/m0/s1. The van der Waals surface area contributed by atoms with E-state index in [0.717, 1.165) is 25.9 Å². The lowest BCUT2D eigenvalue weighted by Crippen LogP contribution is -2.48. The van der Waals surface area contributed by atoms with Crippen LogP contribution >= 0.6 is 0 Å². The highest BCUT2D eigenvalue weighted by molar-refractivity contribution is 5.81. The number of hydrogen-bond donors (Lipinski definition) is 1. The number of nitrogens with zero attached hydrogens (tertiary/aromatic N) is 3. The van der Waals surface area contributed by atoms with Crippen LogP contribution < -0.4 is 10.2 Å². The van der Waals surface area contributed by atoms with Crippen molar-refractivity contribution in [1.82, 2.24) is 15.3 Å². The summed E-state index contributed by atoms with van der Waals surface area (Å²) in [6.07, 6.45) is 6.92. The van der Waals surface area contributed by atoms with E-state index < -0.39 is 5.82 Å². The van der Waals surface area contributed by atoms with Gasteiger partial charge in [-0.15, -0.1) is 0 Å². The van der Waals surface area contributed by atoms with Crippen molar-refractivity contribution in [3.63, 3.8) is 0 Å². The maximum atomic E-state index is 13.0. The van der Waals surface area contributed by atoms with Gasteiger partial charge in [-0.25, -0.2) is 14.4 Å². The van der Waals surface area contributed by atoms with E-state index in [-0.39, 0.29) is 24.2 Å². The van der Waals surface area contributed by atoms with Gasteiger partial charge in [0.15, 0.2) is 5.82 Å². The molecule has 0 aromatic carbocycles. The molecule has 1 aromatic rings. The Balaban J connectivity index is 1.36. The first kappa shape index (κ1) is 14.8. The normalized spacial score (nSPS) is 30.1. The van der Waals surface area contributed by atoms with Gasteiger partial charge in [-0.05, 0) is 38.0 Å². The number of nitrogens with one attached hydrogen (secondary N) is 1. The molecule has 2 aliphatic heterocycles. The summed E-state index contributed by atoms with van der Waals surface area (Å²) in [6, 6.07) is 0.174. The minimum absolute atomic E-state index is 0.0202. The van der Waals surface area contributed by atoms with Crippen molar-refractivity contribution >= 4 is 11.9 Å². The molecular formula is C16H21FN4O2. The third-order valence-corrected chi connectivity index (χ3v) is 4.97. The Kier molecular flexibility index (Phi) is 3.88. The third-order valence-electron chi connectivity index (χ3n) is 4.97. The van der Waals surface area contributed by atoms with Gasteiger partial charge in [-0.1, -0.05) is 0 Å². The zero-order valence-corrected chi connectivity index (χ0v) is 12.9. The van der Waals surface area contributed by atoms with Crippen LogP contribution in [0.1, 0.15) is 32.1 Å². The van der Waals surface area contributed by atoms with Crippen molar-refractivity contribution in [3.05, 3.63) is 18.2 Å². The predicted molar refractivity (Wildman–Crippen MR) is 81.4 cm³/mol. The molecule has 0 bridgehead atoms. The zero-order valence-electron chi connectivity index (χ0n) is 12.9. The van der Waals surface area contributed by atoms with Crippen LogP contribution in [0.3, 0.4) is 0 Å². The SMILES string of the molecule is O=C(NCC1CC1)[C@@H]1CC[C@H]2[C@H](CCN2c2ncc(F)cn2)O1. The number of rotatable bonds is 4. The van der Waals surface area contributed by atoms with Crippen LogP contribution in [-0.4, -0.2) is 47.2 Å².